The van der Waals surface area contributed by atoms with Crippen molar-refractivity contribution in [2.24, 2.45) is 5.73 Å². The summed E-state index contributed by atoms with van der Waals surface area (Å²) in [5.74, 6) is 0.0526. The van der Waals surface area contributed by atoms with Crippen LogP contribution in [-0.4, -0.2) is 53.5 Å². The van der Waals surface area contributed by atoms with E-state index < -0.39 is 10.9 Å². The Morgan fingerprint density at radius 3 is 2.32 bits per heavy atom. The Labute approximate surface area is 217 Å². The highest BCUT2D eigenvalue weighted by atomic mass is 35.5. The number of ether oxygens (including phenoxy) is 2. The van der Waals surface area contributed by atoms with E-state index in [2.05, 4.69) is 5.32 Å². The number of hydrogen-bond acceptors (Lipinski definition) is 5. The largest absolute Gasteiger partial charge is 0.491 e. The van der Waals surface area contributed by atoms with Crippen molar-refractivity contribution in [2.45, 2.75) is 43.8 Å². The van der Waals surface area contributed by atoms with Crippen molar-refractivity contribution in [3.63, 3.8) is 0 Å². The smallest absolute Gasteiger partial charge is 0.256 e. The summed E-state index contributed by atoms with van der Waals surface area (Å²) in [5, 5.41) is 2.81. The molecule has 0 radical (unpaired) electrons. The van der Waals surface area contributed by atoms with Gasteiger partial charge in [-0.2, -0.15) is 0 Å². The average Bonchev–Trinajstić information content (AvgIpc) is 2.79. The third kappa shape index (κ3) is 10.5. The molecule has 0 spiro atoms. The number of halogens is 3. The molecule has 7 nitrogen and oxygen atoms in total. The van der Waals surface area contributed by atoms with Gasteiger partial charge in [0.05, 0.1) is 18.8 Å². The van der Waals surface area contributed by atoms with E-state index in [1.807, 2.05) is 56.3 Å². The van der Waals surface area contributed by atoms with Crippen molar-refractivity contribution in [3.8, 4) is 5.75 Å². The van der Waals surface area contributed by atoms with Crippen LogP contribution in [0.3, 0.4) is 0 Å². The minimum atomic E-state index is -1.14. The summed E-state index contributed by atoms with van der Waals surface area (Å²) in [4.78, 5) is 25.1. The van der Waals surface area contributed by atoms with Gasteiger partial charge in [-0.1, -0.05) is 53.5 Å². The fraction of sp³-hybridized carbons (Fsp3) is 0.417. The normalized spacial score (nSPS) is 12.4. The van der Waals surface area contributed by atoms with Crippen LogP contribution in [0.2, 0.25) is 0 Å². The number of alkyl halides is 2. The molecule has 188 valence electrons. The van der Waals surface area contributed by atoms with Gasteiger partial charge < -0.3 is 25.4 Å². The van der Waals surface area contributed by atoms with Gasteiger partial charge in [0, 0.05) is 31.8 Å². The number of hydrogen-bond donors (Lipinski definition) is 2. The molecule has 2 aromatic carbocycles. The van der Waals surface area contributed by atoms with Crippen LogP contribution in [0.5, 0.6) is 5.75 Å². The summed E-state index contributed by atoms with van der Waals surface area (Å²) < 4.78 is 11.1. The Morgan fingerprint density at radius 1 is 1.09 bits per heavy atom. The molecule has 0 aliphatic heterocycles. The number of nitrogens with two attached hydrogens (primary N) is 1. The van der Waals surface area contributed by atoms with Gasteiger partial charge in [0.15, 0.2) is 4.84 Å². The monoisotopic (exact) mass is 531 g/mol. The van der Waals surface area contributed by atoms with Crippen molar-refractivity contribution >= 4 is 53.1 Å². The quantitative estimate of drug-likeness (QED) is 0.295. The van der Waals surface area contributed by atoms with Crippen LogP contribution in [0.4, 0.5) is 5.69 Å². The number of carbonyl (C=O) groups is 2. The van der Waals surface area contributed by atoms with Crippen LogP contribution in [0.1, 0.15) is 25.8 Å². The molecule has 10 heteroatoms. The number of anilines is 1. The van der Waals surface area contributed by atoms with Gasteiger partial charge >= 0.3 is 0 Å². The number of amides is 2. The van der Waals surface area contributed by atoms with Crippen molar-refractivity contribution in [1.82, 2.24) is 4.90 Å². The van der Waals surface area contributed by atoms with Crippen LogP contribution in [0.25, 0.3) is 0 Å². The van der Waals surface area contributed by atoms with E-state index in [4.69, 9.17) is 38.4 Å². The summed E-state index contributed by atoms with van der Waals surface area (Å²) in [6.45, 7) is 5.40. The lowest BCUT2D eigenvalue weighted by Crippen LogP contribution is -2.39. The molecule has 3 N–H and O–H groups in total. The van der Waals surface area contributed by atoms with Gasteiger partial charge in [-0.3, -0.25) is 9.59 Å². The molecule has 2 atom stereocenters. The molecule has 0 saturated heterocycles. The van der Waals surface area contributed by atoms with E-state index in [1.165, 1.54) is 4.90 Å². The average molecular weight is 533 g/mol. The second-order valence-corrected chi connectivity index (χ2v) is 8.62. The fourth-order valence-electron chi connectivity index (χ4n) is 3.12. The second kappa shape index (κ2) is 15.8. The number of nitrogens with zero attached hydrogens (tertiary/aromatic N) is 1. The van der Waals surface area contributed by atoms with Gasteiger partial charge in [-0.25, -0.2) is 0 Å². The lowest BCUT2D eigenvalue weighted by Gasteiger charge is -2.23. The lowest BCUT2D eigenvalue weighted by molar-refractivity contribution is -0.130. The van der Waals surface area contributed by atoms with E-state index in [0.717, 1.165) is 11.3 Å². The van der Waals surface area contributed by atoms with E-state index in [0.29, 0.717) is 38.4 Å². The molecule has 34 heavy (non-hydrogen) atoms. The number of carbonyl (C=O) groups excluding carboxylic acids is 2. The number of benzene rings is 2. The summed E-state index contributed by atoms with van der Waals surface area (Å²) in [6.07, 6.45) is 0.150. The highest BCUT2D eigenvalue weighted by Crippen LogP contribution is 2.16. The zero-order chi connectivity index (χ0) is 24.2. The number of rotatable bonds is 13. The predicted octanol–water partition coefficient (Wildman–Crippen LogP) is 4.40. The molecule has 2 unspecified atom stereocenters. The van der Waals surface area contributed by atoms with Gasteiger partial charge in [0.1, 0.15) is 5.75 Å². The minimum Gasteiger partial charge on any atom is -0.491 e. The van der Waals surface area contributed by atoms with Crippen molar-refractivity contribution in [3.05, 3.63) is 60.2 Å². The van der Waals surface area contributed by atoms with Crippen molar-refractivity contribution < 1.29 is 19.1 Å². The minimum absolute atomic E-state index is 0. The molecule has 0 aromatic heterocycles. The van der Waals surface area contributed by atoms with Gasteiger partial charge in [-0.15, -0.1) is 12.4 Å². The maximum Gasteiger partial charge on any atom is 0.256 e. The summed E-state index contributed by atoms with van der Waals surface area (Å²) in [7, 11) is 0. The van der Waals surface area contributed by atoms with Crippen LogP contribution < -0.4 is 15.8 Å². The zero-order valence-corrected chi connectivity index (χ0v) is 21.6. The predicted molar refractivity (Wildman–Crippen MR) is 139 cm³/mol. The summed E-state index contributed by atoms with van der Waals surface area (Å²) >= 11 is 11.5. The van der Waals surface area contributed by atoms with E-state index in [9.17, 15) is 9.59 Å². The molecular formula is C24H32Cl3N3O4. The number of nitrogens with one attached hydrogen (secondary N) is 1. The Hall–Kier alpha value is -2.03. The Bertz CT molecular complexity index is 870. The molecule has 2 amide bonds. The van der Waals surface area contributed by atoms with Gasteiger partial charge in [0.2, 0.25) is 5.91 Å². The molecule has 0 bridgehead atoms. The molecule has 0 fully saturated rings. The third-order valence-corrected chi connectivity index (χ3v) is 5.18. The molecule has 2 aromatic rings. The number of para-hydroxylation sites is 1. The van der Waals surface area contributed by atoms with Crippen LogP contribution in [-0.2, 0) is 20.9 Å². The van der Waals surface area contributed by atoms with Crippen LogP contribution in [0, 0.1) is 0 Å². The molecule has 0 aliphatic rings. The van der Waals surface area contributed by atoms with Crippen molar-refractivity contribution in [1.29, 1.82) is 0 Å². The second-order valence-electron chi connectivity index (χ2n) is 7.53. The first-order chi connectivity index (χ1) is 15.8. The maximum atomic E-state index is 12.5. The van der Waals surface area contributed by atoms with E-state index in [1.54, 1.807) is 12.1 Å². The van der Waals surface area contributed by atoms with E-state index in [-0.39, 0.29) is 30.3 Å². The summed E-state index contributed by atoms with van der Waals surface area (Å²) in [6, 6.07) is 15.8. The van der Waals surface area contributed by atoms with Crippen LogP contribution in [0.15, 0.2) is 54.6 Å². The highest BCUT2D eigenvalue weighted by molar-refractivity contribution is 6.53. The Morgan fingerprint density at radius 2 is 1.74 bits per heavy atom. The molecule has 0 aliphatic carbocycles. The Kier molecular flexibility index (Phi) is 13.9. The molecule has 2 rings (SSSR count). The van der Waals surface area contributed by atoms with Gasteiger partial charge in [-0.05, 0) is 43.7 Å². The SMILES string of the molecule is CCOCCN(Cc1ccc(NC(=O)C(N)CC(C)Oc2ccccc2)cc1)C(=O)C(Cl)Cl.Cl. The Balaban J connectivity index is 0.00000578. The zero-order valence-electron chi connectivity index (χ0n) is 19.3. The summed E-state index contributed by atoms with van der Waals surface area (Å²) in [5.41, 5.74) is 7.53. The van der Waals surface area contributed by atoms with E-state index >= 15 is 0 Å². The standard InChI is InChI=1S/C24H31Cl2N3O4.ClH/c1-3-32-14-13-29(24(31)22(25)26)16-18-9-11-19(12-10-18)28-23(30)21(27)15-17(2)33-20-7-5-4-6-8-20;/h4-12,17,21-22H,3,13-16,27H2,1-2H3,(H,28,30);1H. The first-order valence-electron chi connectivity index (χ1n) is 10.8. The first-order valence-corrected chi connectivity index (χ1v) is 11.7. The van der Waals surface area contributed by atoms with Gasteiger partial charge in [0.25, 0.3) is 5.91 Å². The molecular weight excluding hydrogens is 501 g/mol. The maximum absolute atomic E-state index is 12.5. The van der Waals surface area contributed by atoms with Crippen LogP contribution >= 0.6 is 35.6 Å². The third-order valence-electron chi connectivity index (χ3n) is 4.81. The lowest BCUT2D eigenvalue weighted by atomic mass is 10.1. The first kappa shape index (κ1) is 30.0. The topological polar surface area (TPSA) is 93.9 Å². The highest BCUT2D eigenvalue weighted by Gasteiger charge is 2.21. The van der Waals surface area contributed by atoms with Crippen molar-refractivity contribution in [2.75, 3.05) is 25.1 Å². The fourth-order valence-corrected chi connectivity index (χ4v) is 3.39. The molecule has 0 saturated carbocycles. The molecule has 0 heterocycles.